The van der Waals surface area contributed by atoms with E-state index >= 15 is 0 Å². The molecular weight excluding hydrogens is 351 g/mol. The lowest BCUT2D eigenvalue weighted by molar-refractivity contribution is 0.102. The van der Waals surface area contributed by atoms with Crippen molar-refractivity contribution in [3.63, 3.8) is 0 Å². The third-order valence-electron chi connectivity index (χ3n) is 1.96. The molecule has 2 aromatic rings. The van der Waals surface area contributed by atoms with Crippen LogP contribution in [0.4, 0.5) is 10.8 Å². The van der Waals surface area contributed by atoms with E-state index in [0.717, 1.165) is 9.26 Å². The third-order valence-corrected chi connectivity index (χ3v) is 3.84. The summed E-state index contributed by atoms with van der Waals surface area (Å²) in [5.74, 6) is -0.242. The first-order valence-electron chi connectivity index (χ1n) is 4.78. The number of amides is 1. The van der Waals surface area contributed by atoms with E-state index in [0.29, 0.717) is 10.1 Å². The first-order chi connectivity index (χ1) is 8.20. The van der Waals surface area contributed by atoms with Gasteiger partial charge in [0.15, 0.2) is 0 Å². The second-order valence-electron chi connectivity index (χ2n) is 3.10. The van der Waals surface area contributed by atoms with Crippen molar-refractivity contribution < 1.29 is 4.79 Å². The Morgan fingerprint density at radius 2 is 2.12 bits per heavy atom. The summed E-state index contributed by atoms with van der Waals surface area (Å²) in [6.45, 7) is 0. The molecule has 17 heavy (non-hydrogen) atoms. The van der Waals surface area contributed by atoms with E-state index in [1.54, 1.807) is 7.05 Å². The maximum absolute atomic E-state index is 11.9. The minimum atomic E-state index is -0.242. The van der Waals surface area contributed by atoms with Gasteiger partial charge in [-0.15, -0.1) is 10.2 Å². The minimum absolute atomic E-state index is 0.242. The Bertz CT molecular complexity index is 543. The Morgan fingerprint density at radius 1 is 1.35 bits per heavy atom. The monoisotopic (exact) mass is 360 g/mol. The van der Waals surface area contributed by atoms with Gasteiger partial charge in [-0.25, -0.2) is 0 Å². The van der Waals surface area contributed by atoms with Crippen LogP contribution in [-0.4, -0.2) is 23.2 Å². The van der Waals surface area contributed by atoms with Crippen molar-refractivity contribution in [1.82, 2.24) is 10.2 Å². The Balaban J connectivity index is 2.14. The van der Waals surface area contributed by atoms with Crippen LogP contribution < -0.4 is 10.6 Å². The van der Waals surface area contributed by atoms with Crippen LogP contribution in [-0.2, 0) is 0 Å². The van der Waals surface area contributed by atoms with Gasteiger partial charge in [-0.1, -0.05) is 23.5 Å². The zero-order valence-electron chi connectivity index (χ0n) is 8.90. The van der Waals surface area contributed by atoms with Crippen molar-refractivity contribution in [2.75, 3.05) is 17.7 Å². The van der Waals surface area contributed by atoms with Gasteiger partial charge in [0.05, 0.1) is 5.69 Å². The number of para-hydroxylation sites is 1. The Kier molecular flexibility index (Phi) is 3.89. The second-order valence-corrected chi connectivity index (χ2v) is 5.24. The highest BCUT2D eigenvalue weighted by Crippen LogP contribution is 2.20. The molecule has 1 aromatic heterocycles. The van der Waals surface area contributed by atoms with Crippen molar-refractivity contribution >= 4 is 50.7 Å². The van der Waals surface area contributed by atoms with Crippen molar-refractivity contribution in [2.24, 2.45) is 0 Å². The molecule has 0 atom stereocenters. The number of carbonyl (C=O) groups is 1. The smallest absolute Gasteiger partial charge is 0.286 e. The first-order valence-corrected chi connectivity index (χ1v) is 6.67. The molecule has 0 fully saturated rings. The second kappa shape index (κ2) is 5.41. The number of halogens is 1. The summed E-state index contributed by atoms with van der Waals surface area (Å²) in [4.78, 5) is 11.9. The topological polar surface area (TPSA) is 66.9 Å². The van der Waals surface area contributed by atoms with E-state index in [9.17, 15) is 4.79 Å². The molecule has 0 radical (unpaired) electrons. The van der Waals surface area contributed by atoms with Gasteiger partial charge in [-0.3, -0.25) is 4.79 Å². The molecule has 7 heteroatoms. The van der Waals surface area contributed by atoms with Crippen LogP contribution in [0.15, 0.2) is 24.3 Å². The quantitative estimate of drug-likeness (QED) is 0.826. The SMILES string of the molecule is CNc1nnc(C(=O)Nc2ccccc2I)s1. The molecule has 0 aliphatic carbocycles. The number of aromatic nitrogens is 2. The van der Waals surface area contributed by atoms with Crippen LogP contribution in [0, 0.1) is 3.57 Å². The zero-order valence-corrected chi connectivity index (χ0v) is 11.9. The van der Waals surface area contributed by atoms with Gasteiger partial charge >= 0.3 is 0 Å². The highest BCUT2D eigenvalue weighted by atomic mass is 127. The van der Waals surface area contributed by atoms with Gasteiger partial charge in [0.25, 0.3) is 5.91 Å². The molecule has 5 nitrogen and oxygen atoms in total. The van der Waals surface area contributed by atoms with Crippen LogP contribution in [0.25, 0.3) is 0 Å². The summed E-state index contributed by atoms with van der Waals surface area (Å²) < 4.78 is 0.983. The molecule has 0 spiro atoms. The van der Waals surface area contributed by atoms with Gasteiger partial charge < -0.3 is 10.6 Å². The number of hydrogen-bond acceptors (Lipinski definition) is 5. The lowest BCUT2D eigenvalue weighted by Gasteiger charge is -2.04. The van der Waals surface area contributed by atoms with Crippen molar-refractivity contribution in [3.05, 3.63) is 32.8 Å². The minimum Gasteiger partial charge on any atom is -0.363 e. The molecule has 0 bridgehead atoms. The lowest BCUT2D eigenvalue weighted by atomic mass is 10.3. The fourth-order valence-corrected chi connectivity index (χ4v) is 2.27. The lowest BCUT2D eigenvalue weighted by Crippen LogP contribution is -2.12. The fourth-order valence-electron chi connectivity index (χ4n) is 1.15. The molecule has 0 saturated heterocycles. The molecule has 2 rings (SSSR count). The summed E-state index contributed by atoms with van der Waals surface area (Å²) >= 11 is 3.38. The predicted molar refractivity (Wildman–Crippen MR) is 76.6 cm³/mol. The number of nitrogens with one attached hydrogen (secondary N) is 2. The highest BCUT2D eigenvalue weighted by Gasteiger charge is 2.13. The number of anilines is 2. The highest BCUT2D eigenvalue weighted by molar-refractivity contribution is 14.1. The largest absolute Gasteiger partial charge is 0.363 e. The molecule has 1 heterocycles. The number of hydrogen-bond donors (Lipinski definition) is 2. The fraction of sp³-hybridized carbons (Fsp3) is 0.100. The Hall–Kier alpha value is -1.22. The number of benzene rings is 1. The molecule has 0 aliphatic rings. The van der Waals surface area contributed by atoms with Crippen molar-refractivity contribution in [3.8, 4) is 0 Å². The van der Waals surface area contributed by atoms with E-state index in [2.05, 4.69) is 43.4 Å². The normalized spacial score (nSPS) is 10.0. The average Bonchev–Trinajstić information content (AvgIpc) is 2.81. The van der Waals surface area contributed by atoms with Crippen LogP contribution in [0.2, 0.25) is 0 Å². The van der Waals surface area contributed by atoms with Crippen molar-refractivity contribution in [1.29, 1.82) is 0 Å². The third kappa shape index (κ3) is 2.91. The maximum atomic E-state index is 11.9. The van der Waals surface area contributed by atoms with Gasteiger partial charge in [0, 0.05) is 10.6 Å². The van der Waals surface area contributed by atoms with Gasteiger partial charge in [0.1, 0.15) is 0 Å². The molecule has 1 aromatic carbocycles. The molecular formula is C10H9IN4OS. The summed E-state index contributed by atoms with van der Waals surface area (Å²) in [5.41, 5.74) is 0.777. The molecule has 1 amide bonds. The molecule has 0 saturated carbocycles. The first kappa shape index (κ1) is 12.2. The zero-order chi connectivity index (χ0) is 12.3. The van der Waals surface area contributed by atoms with E-state index in [1.165, 1.54) is 11.3 Å². The number of rotatable bonds is 3. The number of carbonyl (C=O) groups excluding carboxylic acids is 1. The van der Waals surface area contributed by atoms with Crippen molar-refractivity contribution in [2.45, 2.75) is 0 Å². The summed E-state index contributed by atoms with van der Waals surface area (Å²) in [6.07, 6.45) is 0. The predicted octanol–water partition coefficient (Wildman–Crippen LogP) is 2.44. The Labute approximate surface area is 116 Å². The van der Waals surface area contributed by atoms with Crippen LogP contribution in [0.5, 0.6) is 0 Å². The average molecular weight is 360 g/mol. The van der Waals surface area contributed by atoms with E-state index in [-0.39, 0.29) is 5.91 Å². The maximum Gasteiger partial charge on any atom is 0.286 e. The van der Waals surface area contributed by atoms with E-state index in [1.807, 2.05) is 24.3 Å². The van der Waals surface area contributed by atoms with Gasteiger partial charge in [0.2, 0.25) is 10.1 Å². The van der Waals surface area contributed by atoms with E-state index < -0.39 is 0 Å². The van der Waals surface area contributed by atoms with Crippen LogP contribution in [0.1, 0.15) is 9.80 Å². The standard InChI is InChI=1S/C10H9IN4OS/c1-12-10-15-14-9(17-10)8(16)13-7-5-3-2-4-6(7)11/h2-5H,1H3,(H,12,15)(H,13,16). The summed E-state index contributed by atoms with van der Waals surface area (Å²) in [7, 11) is 1.74. The number of nitrogens with zero attached hydrogens (tertiary/aromatic N) is 2. The van der Waals surface area contributed by atoms with Crippen LogP contribution in [0.3, 0.4) is 0 Å². The molecule has 0 unspecified atom stereocenters. The Morgan fingerprint density at radius 3 is 2.76 bits per heavy atom. The summed E-state index contributed by atoms with van der Waals surface area (Å²) in [5, 5.41) is 14.2. The molecule has 2 N–H and O–H groups in total. The molecule has 0 aliphatic heterocycles. The van der Waals surface area contributed by atoms with Crippen LogP contribution >= 0.6 is 33.9 Å². The summed E-state index contributed by atoms with van der Waals surface area (Å²) in [6, 6.07) is 7.56. The van der Waals surface area contributed by atoms with Gasteiger partial charge in [-0.05, 0) is 34.7 Å². The van der Waals surface area contributed by atoms with Gasteiger partial charge in [-0.2, -0.15) is 0 Å². The molecule has 88 valence electrons. The van der Waals surface area contributed by atoms with E-state index in [4.69, 9.17) is 0 Å².